The van der Waals surface area contributed by atoms with Crippen molar-refractivity contribution in [3.8, 4) is 11.4 Å². The van der Waals surface area contributed by atoms with Gasteiger partial charge in [-0.3, -0.25) is 15.0 Å². The van der Waals surface area contributed by atoms with E-state index in [0.29, 0.717) is 23.1 Å². The van der Waals surface area contributed by atoms with E-state index in [1.807, 2.05) is 41.1 Å². The van der Waals surface area contributed by atoms with E-state index in [2.05, 4.69) is 28.9 Å². The first-order valence-corrected chi connectivity index (χ1v) is 12.8. The number of hydrogen-bond donors (Lipinski definition) is 0. The molecule has 10 heteroatoms. The first kappa shape index (κ1) is 25.2. The minimum Gasteiger partial charge on any atom is -0.369 e. The Labute approximate surface area is 225 Å². The molecule has 8 nitrogen and oxygen atoms in total. The summed E-state index contributed by atoms with van der Waals surface area (Å²) in [5.74, 6) is 1.56. The lowest BCUT2D eigenvalue weighted by Gasteiger charge is -2.35. The quantitative estimate of drug-likeness (QED) is 0.218. The predicted molar refractivity (Wildman–Crippen MR) is 146 cm³/mol. The van der Waals surface area contributed by atoms with Crippen LogP contribution in [-0.4, -0.2) is 50.8 Å². The standard InChI is InChI=1S/C27H26Cl2N6O2/c1-19-3-2-4-20(15-19)27-30-26(31-34(27)17-21-5-6-22(28)16-25(21)29)18-32-11-13-33(14-12-32)23-7-9-24(10-8-23)35(36)37/h2-10,15-16H,11-14,17-18H2,1H3. The molecule has 0 aliphatic carbocycles. The van der Waals surface area contributed by atoms with Gasteiger partial charge in [-0.1, -0.05) is 53.0 Å². The zero-order valence-corrected chi connectivity index (χ0v) is 21.9. The maximum absolute atomic E-state index is 10.9. The number of nitrogens with zero attached hydrogens (tertiary/aromatic N) is 6. The van der Waals surface area contributed by atoms with E-state index in [-0.39, 0.29) is 10.6 Å². The molecule has 5 rings (SSSR count). The average Bonchev–Trinajstić information content (AvgIpc) is 3.28. The number of aryl methyl sites for hydroxylation is 1. The number of anilines is 1. The van der Waals surface area contributed by atoms with E-state index < -0.39 is 0 Å². The van der Waals surface area contributed by atoms with E-state index in [9.17, 15) is 10.1 Å². The highest BCUT2D eigenvalue weighted by atomic mass is 35.5. The van der Waals surface area contributed by atoms with Gasteiger partial charge in [0.1, 0.15) is 0 Å². The summed E-state index contributed by atoms with van der Waals surface area (Å²) >= 11 is 12.6. The van der Waals surface area contributed by atoms with E-state index in [1.54, 1.807) is 18.2 Å². The summed E-state index contributed by atoms with van der Waals surface area (Å²) in [6.45, 7) is 6.51. The molecule has 2 heterocycles. The Kier molecular flexibility index (Phi) is 7.41. The van der Waals surface area contributed by atoms with Crippen molar-refractivity contribution in [3.05, 3.63) is 104 Å². The van der Waals surface area contributed by atoms with Crippen LogP contribution in [0.4, 0.5) is 11.4 Å². The highest BCUT2D eigenvalue weighted by Crippen LogP contribution is 2.26. The Hall–Kier alpha value is -3.46. The molecule has 3 aromatic carbocycles. The zero-order valence-electron chi connectivity index (χ0n) is 20.3. The highest BCUT2D eigenvalue weighted by Gasteiger charge is 2.21. The number of piperazine rings is 1. The molecule has 0 atom stereocenters. The molecule has 37 heavy (non-hydrogen) atoms. The van der Waals surface area contributed by atoms with Gasteiger partial charge in [0.15, 0.2) is 11.6 Å². The molecule has 1 aliphatic heterocycles. The van der Waals surface area contributed by atoms with Gasteiger partial charge < -0.3 is 4.90 Å². The Bertz CT molecular complexity index is 1410. The fraction of sp³-hybridized carbons (Fsp3) is 0.259. The number of hydrogen-bond acceptors (Lipinski definition) is 6. The van der Waals surface area contributed by atoms with E-state index in [4.69, 9.17) is 33.3 Å². The van der Waals surface area contributed by atoms with E-state index in [1.165, 1.54) is 0 Å². The summed E-state index contributed by atoms with van der Waals surface area (Å²) in [7, 11) is 0. The number of benzene rings is 3. The van der Waals surface area contributed by atoms with Crippen LogP contribution in [0.2, 0.25) is 10.0 Å². The van der Waals surface area contributed by atoms with Crippen molar-refractivity contribution in [1.29, 1.82) is 0 Å². The smallest absolute Gasteiger partial charge is 0.269 e. The Morgan fingerprint density at radius 2 is 1.70 bits per heavy atom. The Balaban J connectivity index is 1.32. The predicted octanol–water partition coefficient (Wildman–Crippen LogP) is 5.84. The Morgan fingerprint density at radius 1 is 0.946 bits per heavy atom. The molecular weight excluding hydrogens is 511 g/mol. The summed E-state index contributed by atoms with van der Waals surface area (Å²) in [5, 5.41) is 17.0. The van der Waals surface area contributed by atoms with Crippen molar-refractivity contribution >= 4 is 34.6 Å². The van der Waals surface area contributed by atoms with Gasteiger partial charge in [0.05, 0.1) is 18.0 Å². The molecule has 190 valence electrons. The zero-order chi connectivity index (χ0) is 25.9. The van der Waals surface area contributed by atoms with Crippen molar-refractivity contribution in [2.45, 2.75) is 20.0 Å². The molecule has 0 bridgehead atoms. The van der Waals surface area contributed by atoms with Gasteiger partial charge in [-0.25, -0.2) is 9.67 Å². The SMILES string of the molecule is Cc1cccc(-c2nc(CN3CCN(c4ccc([N+](=O)[O-])cc4)CC3)nn2Cc2ccc(Cl)cc2Cl)c1. The lowest BCUT2D eigenvalue weighted by atomic mass is 10.1. The van der Waals surface area contributed by atoms with Crippen molar-refractivity contribution in [1.82, 2.24) is 19.7 Å². The Morgan fingerprint density at radius 3 is 2.38 bits per heavy atom. The minimum atomic E-state index is -0.375. The van der Waals surface area contributed by atoms with Crippen LogP contribution in [0.1, 0.15) is 17.0 Å². The minimum absolute atomic E-state index is 0.105. The lowest BCUT2D eigenvalue weighted by molar-refractivity contribution is -0.384. The molecule has 1 aliphatic rings. The second kappa shape index (κ2) is 10.9. The van der Waals surface area contributed by atoms with Crippen molar-refractivity contribution in [2.24, 2.45) is 0 Å². The van der Waals surface area contributed by atoms with Gasteiger partial charge in [0.25, 0.3) is 5.69 Å². The summed E-state index contributed by atoms with van der Waals surface area (Å²) in [4.78, 5) is 20.1. The largest absolute Gasteiger partial charge is 0.369 e. The molecule has 0 radical (unpaired) electrons. The van der Waals surface area contributed by atoms with Crippen molar-refractivity contribution < 1.29 is 4.92 Å². The van der Waals surface area contributed by atoms with Crippen LogP contribution in [0, 0.1) is 17.0 Å². The fourth-order valence-electron chi connectivity index (χ4n) is 4.52. The van der Waals surface area contributed by atoms with Crippen molar-refractivity contribution in [3.63, 3.8) is 0 Å². The third kappa shape index (κ3) is 5.93. The number of nitro groups is 1. The van der Waals surface area contributed by atoms with Crippen LogP contribution in [0.5, 0.6) is 0 Å². The van der Waals surface area contributed by atoms with Crippen LogP contribution >= 0.6 is 23.2 Å². The van der Waals surface area contributed by atoms with E-state index >= 15 is 0 Å². The normalized spacial score (nSPS) is 14.2. The van der Waals surface area contributed by atoms with Gasteiger partial charge in [-0.05, 0) is 42.8 Å². The first-order valence-electron chi connectivity index (χ1n) is 12.0. The number of rotatable bonds is 7. The first-order chi connectivity index (χ1) is 17.9. The maximum atomic E-state index is 10.9. The molecule has 0 N–H and O–H groups in total. The summed E-state index contributed by atoms with van der Waals surface area (Å²) < 4.78 is 1.91. The maximum Gasteiger partial charge on any atom is 0.269 e. The molecule has 0 unspecified atom stereocenters. The van der Waals surface area contributed by atoms with Crippen LogP contribution in [-0.2, 0) is 13.1 Å². The van der Waals surface area contributed by atoms with Gasteiger partial charge >= 0.3 is 0 Å². The van der Waals surface area contributed by atoms with Crippen LogP contribution < -0.4 is 4.90 Å². The molecule has 1 fully saturated rings. The van der Waals surface area contributed by atoms with E-state index in [0.717, 1.165) is 60.2 Å². The van der Waals surface area contributed by atoms with Gasteiger partial charge in [0.2, 0.25) is 0 Å². The van der Waals surface area contributed by atoms with Gasteiger partial charge in [0, 0.05) is 59.6 Å². The highest BCUT2D eigenvalue weighted by molar-refractivity contribution is 6.35. The molecule has 0 saturated carbocycles. The fourth-order valence-corrected chi connectivity index (χ4v) is 4.99. The average molecular weight is 537 g/mol. The second-order valence-corrected chi connectivity index (χ2v) is 9.99. The third-order valence-electron chi connectivity index (χ3n) is 6.49. The van der Waals surface area contributed by atoms with Gasteiger partial charge in [-0.2, -0.15) is 5.10 Å². The molecule has 4 aromatic rings. The van der Waals surface area contributed by atoms with Crippen LogP contribution in [0.15, 0.2) is 66.7 Å². The number of non-ortho nitro benzene ring substituents is 1. The number of nitro benzene ring substituents is 1. The molecule has 0 spiro atoms. The third-order valence-corrected chi connectivity index (χ3v) is 7.08. The molecule has 0 amide bonds. The molecule has 1 aromatic heterocycles. The molecular formula is C27H26Cl2N6O2. The van der Waals surface area contributed by atoms with Crippen LogP contribution in [0.3, 0.4) is 0 Å². The number of aromatic nitrogens is 3. The topological polar surface area (TPSA) is 80.3 Å². The monoisotopic (exact) mass is 536 g/mol. The number of halogens is 2. The second-order valence-electron chi connectivity index (χ2n) is 9.15. The summed E-state index contributed by atoms with van der Waals surface area (Å²) in [6, 6.07) is 20.5. The van der Waals surface area contributed by atoms with Crippen molar-refractivity contribution in [2.75, 3.05) is 31.1 Å². The molecule has 1 saturated heterocycles. The summed E-state index contributed by atoms with van der Waals surface area (Å²) in [5.41, 5.74) is 4.18. The lowest BCUT2D eigenvalue weighted by Crippen LogP contribution is -2.46. The van der Waals surface area contributed by atoms with Gasteiger partial charge in [-0.15, -0.1) is 0 Å². The van der Waals surface area contributed by atoms with Crippen LogP contribution in [0.25, 0.3) is 11.4 Å². The summed E-state index contributed by atoms with van der Waals surface area (Å²) in [6.07, 6.45) is 0.